The maximum Gasteiger partial charge on any atom is 0.198 e. The molecule has 0 aromatic carbocycles. The van der Waals surface area contributed by atoms with E-state index in [9.17, 15) is 0 Å². The minimum Gasteiger partial charge on any atom is -0.301 e. The van der Waals surface area contributed by atoms with E-state index in [0.717, 1.165) is 6.04 Å². The summed E-state index contributed by atoms with van der Waals surface area (Å²) >= 11 is 0. The van der Waals surface area contributed by atoms with Gasteiger partial charge in [-0.15, -0.1) is 0 Å². The third-order valence-corrected chi connectivity index (χ3v) is 2.63. The number of rotatable bonds is 2. The Morgan fingerprint density at radius 3 is 2.29 bits per heavy atom. The first-order valence-electron chi connectivity index (χ1n) is 5.24. The molecule has 0 spiro atoms. The van der Waals surface area contributed by atoms with E-state index in [4.69, 9.17) is 8.42 Å². The van der Waals surface area contributed by atoms with Crippen LogP contribution in [0.4, 0.5) is 0 Å². The molecular weight excluding hydrogens is 200 g/mol. The van der Waals surface area contributed by atoms with Gasteiger partial charge in [-0.25, -0.2) is 13.6 Å². The Kier molecular flexibility index (Phi) is 8.12. The molecule has 2 N–H and O–H groups in total. The lowest BCUT2D eigenvalue weighted by Gasteiger charge is -2.34. The van der Waals surface area contributed by atoms with Crippen molar-refractivity contribution in [3.63, 3.8) is 0 Å². The number of piperidine rings is 1. The Labute approximate surface area is 88.6 Å². The van der Waals surface area contributed by atoms with E-state index in [2.05, 4.69) is 23.9 Å². The molecule has 0 aromatic rings. The molecular formula is C9H22N2O2S. The zero-order chi connectivity index (χ0) is 11.0. The molecule has 1 aliphatic rings. The van der Waals surface area contributed by atoms with Crippen LogP contribution in [-0.4, -0.2) is 32.4 Å². The van der Waals surface area contributed by atoms with Crippen LogP contribution in [0.1, 0.15) is 39.5 Å². The smallest absolute Gasteiger partial charge is 0.198 e. The summed E-state index contributed by atoms with van der Waals surface area (Å²) < 4.78 is 17.6. The van der Waals surface area contributed by atoms with Crippen LogP contribution in [-0.2, 0) is 10.9 Å². The molecule has 1 saturated heterocycles. The summed E-state index contributed by atoms with van der Waals surface area (Å²) in [6.45, 7) is 7.17. The molecule has 14 heavy (non-hydrogen) atoms. The zero-order valence-corrected chi connectivity index (χ0v) is 10.0. The van der Waals surface area contributed by atoms with Crippen molar-refractivity contribution < 1.29 is 8.42 Å². The van der Waals surface area contributed by atoms with Gasteiger partial charge in [-0.1, -0.05) is 20.3 Å². The van der Waals surface area contributed by atoms with Crippen LogP contribution in [0.3, 0.4) is 0 Å². The van der Waals surface area contributed by atoms with Gasteiger partial charge in [0, 0.05) is 6.04 Å². The molecule has 4 nitrogen and oxygen atoms in total. The van der Waals surface area contributed by atoms with Gasteiger partial charge >= 0.3 is 0 Å². The first-order valence-corrected chi connectivity index (χ1v) is 6.49. The molecule has 1 heterocycles. The van der Waals surface area contributed by atoms with Gasteiger partial charge in [0.25, 0.3) is 0 Å². The van der Waals surface area contributed by atoms with Crippen molar-refractivity contribution >= 4 is 10.9 Å². The summed E-state index contributed by atoms with van der Waals surface area (Å²) in [4.78, 5) is 2.61. The molecule has 1 atom stereocenters. The van der Waals surface area contributed by atoms with Crippen molar-refractivity contribution in [3.8, 4) is 0 Å². The summed E-state index contributed by atoms with van der Waals surface area (Å²) in [6.07, 6.45) is 5.65. The van der Waals surface area contributed by atoms with Crippen LogP contribution < -0.4 is 5.14 Å². The van der Waals surface area contributed by atoms with Crippen LogP contribution in [0.25, 0.3) is 0 Å². The van der Waals surface area contributed by atoms with E-state index < -0.39 is 10.9 Å². The average Bonchev–Trinajstić information content (AvgIpc) is 2.17. The van der Waals surface area contributed by atoms with Crippen LogP contribution in [0.15, 0.2) is 0 Å². The van der Waals surface area contributed by atoms with Crippen molar-refractivity contribution in [2.45, 2.75) is 45.6 Å². The Balaban J connectivity index is 0.000000364. The number of nitrogens with two attached hydrogens (primary N) is 1. The van der Waals surface area contributed by atoms with Crippen LogP contribution in [0.2, 0.25) is 0 Å². The molecule has 0 bridgehead atoms. The largest absolute Gasteiger partial charge is 0.301 e. The maximum absolute atomic E-state index is 8.81. The predicted octanol–water partition coefficient (Wildman–Crippen LogP) is 0.742. The van der Waals surface area contributed by atoms with Crippen molar-refractivity contribution in [1.29, 1.82) is 0 Å². The lowest BCUT2D eigenvalue weighted by Crippen LogP contribution is -2.38. The van der Waals surface area contributed by atoms with E-state index in [0.29, 0.717) is 0 Å². The zero-order valence-electron chi connectivity index (χ0n) is 9.11. The van der Waals surface area contributed by atoms with Gasteiger partial charge in [0.1, 0.15) is 0 Å². The van der Waals surface area contributed by atoms with E-state index in [-0.39, 0.29) is 0 Å². The van der Waals surface area contributed by atoms with Crippen LogP contribution in [0.5, 0.6) is 0 Å². The van der Waals surface area contributed by atoms with E-state index in [1.54, 1.807) is 0 Å². The monoisotopic (exact) mass is 222 g/mol. The Morgan fingerprint density at radius 2 is 1.93 bits per heavy atom. The molecule has 1 unspecified atom stereocenters. The number of hydrogen-bond donors (Lipinski definition) is 2. The molecule has 0 saturated carbocycles. The molecule has 0 aromatic heterocycles. The summed E-state index contributed by atoms with van der Waals surface area (Å²) in [6, 6.07) is 0.902. The Bertz CT molecular complexity index is 187. The quantitative estimate of drug-likeness (QED) is 0.677. The molecule has 0 amide bonds. The van der Waals surface area contributed by atoms with Gasteiger partial charge in [-0.3, -0.25) is 0 Å². The lowest BCUT2D eigenvalue weighted by molar-refractivity contribution is 0.152. The number of thiol groups is 1. The fourth-order valence-electron chi connectivity index (χ4n) is 1.94. The summed E-state index contributed by atoms with van der Waals surface area (Å²) in [7, 11) is -2.62. The van der Waals surface area contributed by atoms with Crippen LogP contribution in [0, 0.1) is 0 Å². The first kappa shape index (κ1) is 13.9. The van der Waals surface area contributed by atoms with E-state index in [1.807, 2.05) is 0 Å². The normalized spacial score (nSPS) is 23.0. The molecule has 1 fully saturated rings. The van der Waals surface area contributed by atoms with Gasteiger partial charge in [-0.2, -0.15) is 0 Å². The average molecular weight is 222 g/mol. The number of likely N-dealkylation sites (tertiary alicyclic amines) is 1. The topological polar surface area (TPSA) is 63.4 Å². The SMILES string of the molecule is CCC1CCCCN1CC.N[SH](=O)=O. The highest BCUT2D eigenvalue weighted by atomic mass is 32.2. The highest BCUT2D eigenvalue weighted by Crippen LogP contribution is 2.18. The second-order valence-electron chi connectivity index (χ2n) is 3.47. The minimum absolute atomic E-state index is 0.902. The van der Waals surface area contributed by atoms with Gasteiger partial charge in [0.15, 0.2) is 10.9 Å². The first-order chi connectivity index (χ1) is 6.61. The minimum atomic E-state index is -2.62. The Morgan fingerprint density at radius 1 is 1.36 bits per heavy atom. The third kappa shape index (κ3) is 6.34. The second-order valence-corrected chi connectivity index (χ2v) is 4.04. The van der Waals surface area contributed by atoms with E-state index >= 15 is 0 Å². The fraction of sp³-hybridized carbons (Fsp3) is 1.00. The van der Waals surface area contributed by atoms with Gasteiger partial charge in [-0.05, 0) is 32.4 Å². The standard InChI is InChI=1S/C9H19N.H3NO2S/c1-3-9-7-5-6-8-10(9)4-2;1-4(2)3/h9H,3-8H2,1-2H3;4H,(H2,1,2,3). The predicted molar refractivity (Wildman–Crippen MR) is 59.7 cm³/mol. The van der Waals surface area contributed by atoms with Crippen molar-refractivity contribution in [1.82, 2.24) is 4.90 Å². The lowest BCUT2D eigenvalue weighted by atomic mass is 10.0. The number of nitrogens with zero attached hydrogens (tertiary/aromatic N) is 1. The van der Waals surface area contributed by atoms with Gasteiger partial charge < -0.3 is 4.90 Å². The molecule has 1 aliphatic heterocycles. The molecule has 86 valence electrons. The summed E-state index contributed by atoms with van der Waals surface area (Å²) in [5.41, 5.74) is 0. The molecule has 0 radical (unpaired) electrons. The van der Waals surface area contributed by atoms with Crippen molar-refractivity contribution in [2.75, 3.05) is 13.1 Å². The summed E-state index contributed by atoms with van der Waals surface area (Å²) in [5.74, 6) is 0. The molecule has 1 rings (SSSR count). The second kappa shape index (κ2) is 8.20. The molecule has 0 aliphatic carbocycles. The molecule has 5 heteroatoms. The maximum atomic E-state index is 8.81. The number of hydrogen-bond acceptors (Lipinski definition) is 3. The Hall–Kier alpha value is -0.130. The van der Waals surface area contributed by atoms with E-state index in [1.165, 1.54) is 38.8 Å². The van der Waals surface area contributed by atoms with Crippen molar-refractivity contribution in [3.05, 3.63) is 0 Å². The fourth-order valence-corrected chi connectivity index (χ4v) is 1.94. The van der Waals surface area contributed by atoms with Crippen LogP contribution >= 0.6 is 0 Å². The van der Waals surface area contributed by atoms with Gasteiger partial charge in [0.05, 0.1) is 0 Å². The highest BCUT2D eigenvalue weighted by molar-refractivity contribution is 7.69. The highest BCUT2D eigenvalue weighted by Gasteiger charge is 2.17. The third-order valence-electron chi connectivity index (χ3n) is 2.63. The summed E-state index contributed by atoms with van der Waals surface area (Å²) in [5, 5.41) is 4.06. The van der Waals surface area contributed by atoms with Crippen molar-refractivity contribution in [2.24, 2.45) is 5.14 Å². The van der Waals surface area contributed by atoms with Gasteiger partial charge in [0.2, 0.25) is 0 Å².